The van der Waals surface area contributed by atoms with Crippen LogP contribution >= 0.6 is 0 Å². The molecule has 1 heteroatoms. The Balaban J connectivity index is 0.000000147. The topological polar surface area (TPSA) is 9.23 Å². The lowest BCUT2D eigenvalue weighted by Gasteiger charge is -2.34. The first-order valence-corrected chi connectivity index (χ1v) is 39.5. The average molecular weight is 1330 g/mol. The summed E-state index contributed by atoms with van der Waals surface area (Å²) in [5, 5.41) is 0. The SMILES string of the molecule is CC(C)(C)c1ccc2c(c1)CCC2.CC(C)(C)c1ccc2c(c1)CCC2(C)C.CC(C)(C)c1ccc2c(c1)CCCC2.CC(C)(C)c1ccc2c(c1)CCCC2(C)C.CC(C)(C)c1ccc2c(c1)CCCCC2.CC(C)(C)c1ccc2c(c1)CCO2.CC(C)(C)c1cccc2c1CCC2. The Morgan fingerprint density at radius 2 is 0.586 bits per heavy atom. The molecule has 99 heavy (non-hydrogen) atoms. The van der Waals surface area contributed by atoms with Gasteiger partial charge in [-0.05, 0) is 288 Å². The van der Waals surface area contributed by atoms with Crippen LogP contribution in [0.3, 0.4) is 0 Å². The van der Waals surface area contributed by atoms with Gasteiger partial charge in [0.15, 0.2) is 0 Å². The van der Waals surface area contributed by atoms with E-state index < -0.39 is 0 Å². The van der Waals surface area contributed by atoms with Gasteiger partial charge in [0, 0.05) is 6.42 Å². The van der Waals surface area contributed by atoms with E-state index in [2.05, 4.69) is 300 Å². The lowest BCUT2D eigenvalue weighted by Crippen LogP contribution is -2.24. The lowest BCUT2D eigenvalue weighted by atomic mass is 9.71. The number of fused-ring (bicyclic) bond motifs is 7. The van der Waals surface area contributed by atoms with E-state index in [0.29, 0.717) is 32.5 Å². The highest BCUT2D eigenvalue weighted by atomic mass is 16.5. The fourth-order valence-electron chi connectivity index (χ4n) is 15.9. The van der Waals surface area contributed by atoms with Gasteiger partial charge in [0.25, 0.3) is 0 Å². The molecule has 0 aromatic heterocycles. The van der Waals surface area contributed by atoms with Crippen LogP contribution in [-0.2, 0) is 119 Å². The van der Waals surface area contributed by atoms with Crippen LogP contribution in [0.25, 0.3) is 0 Å². The van der Waals surface area contributed by atoms with Gasteiger partial charge in [-0.15, -0.1) is 0 Å². The van der Waals surface area contributed by atoms with Crippen LogP contribution in [0.2, 0.25) is 0 Å². The molecule has 0 atom stereocenters. The van der Waals surface area contributed by atoms with Crippen molar-refractivity contribution in [3.8, 4) is 5.75 Å². The highest BCUT2D eigenvalue weighted by Gasteiger charge is 2.32. The number of hydrogen-bond acceptors (Lipinski definition) is 1. The molecule has 7 aliphatic rings. The minimum atomic E-state index is 0.248. The molecule has 0 N–H and O–H groups in total. The number of benzene rings is 7. The Bertz CT molecular complexity index is 3730. The molecule has 1 nitrogen and oxygen atoms in total. The van der Waals surface area contributed by atoms with Crippen molar-refractivity contribution in [2.45, 2.75) is 357 Å². The minimum absolute atomic E-state index is 0.248. The highest BCUT2D eigenvalue weighted by molar-refractivity contribution is 5.46. The molecule has 0 saturated carbocycles. The normalized spacial score (nSPS) is 17.1. The maximum atomic E-state index is 5.47. The van der Waals surface area contributed by atoms with Crippen LogP contribution in [0.5, 0.6) is 5.75 Å². The largest absolute Gasteiger partial charge is 0.493 e. The third-order valence-electron chi connectivity index (χ3n) is 22.8. The van der Waals surface area contributed by atoms with Gasteiger partial charge in [0.05, 0.1) is 6.61 Å². The van der Waals surface area contributed by atoms with E-state index in [4.69, 9.17) is 4.74 Å². The summed E-state index contributed by atoms with van der Waals surface area (Å²) in [5.74, 6) is 1.08. The van der Waals surface area contributed by atoms with Crippen molar-refractivity contribution in [2.75, 3.05) is 6.61 Å². The van der Waals surface area contributed by atoms with E-state index >= 15 is 0 Å². The first-order valence-electron chi connectivity index (χ1n) is 39.5. The fraction of sp³-hybridized carbons (Fsp3) is 0.571. The van der Waals surface area contributed by atoms with Gasteiger partial charge in [-0.3, -0.25) is 0 Å². The fourth-order valence-corrected chi connectivity index (χ4v) is 15.9. The molecule has 0 radical (unpaired) electrons. The third-order valence-corrected chi connectivity index (χ3v) is 22.8. The van der Waals surface area contributed by atoms with Crippen LogP contribution < -0.4 is 4.74 Å². The van der Waals surface area contributed by atoms with Crippen molar-refractivity contribution in [1.29, 1.82) is 0 Å². The van der Waals surface area contributed by atoms with E-state index in [1.165, 1.54) is 167 Å². The summed E-state index contributed by atoms with van der Waals surface area (Å²) in [4.78, 5) is 0. The van der Waals surface area contributed by atoms with E-state index in [-0.39, 0.29) is 16.2 Å². The quantitative estimate of drug-likeness (QED) is 0.138. The first-order chi connectivity index (χ1) is 46.0. The Labute approximate surface area is 608 Å². The van der Waals surface area contributed by atoms with Crippen LogP contribution in [-0.4, -0.2) is 6.61 Å². The van der Waals surface area contributed by atoms with Crippen LogP contribution in [0.15, 0.2) is 127 Å². The van der Waals surface area contributed by atoms with Crippen molar-refractivity contribution in [3.05, 3.63) is 239 Å². The van der Waals surface area contributed by atoms with E-state index in [0.717, 1.165) is 18.8 Å². The smallest absolute Gasteiger partial charge is 0.122 e. The average Bonchev–Trinajstić information content (AvgIpc) is 1.52. The molecule has 0 amide bonds. The maximum Gasteiger partial charge on any atom is 0.122 e. The Hall–Kier alpha value is -5.66. The van der Waals surface area contributed by atoms with Gasteiger partial charge in [-0.25, -0.2) is 0 Å². The zero-order valence-electron chi connectivity index (χ0n) is 68.1. The Kier molecular flexibility index (Phi) is 25.5. The molecule has 0 saturated heterocycles. The van der Waals surface area contributed by atoms with Gasteiger partial charge in [0.2, 0.25) is 0 Å². The molecular formula is C98H140O. The van der Waals surface area contributed by atoms with Gasteiger partial charge in [-0.2, -0.15) is 0 Å². The van der Waals surface area contributed by atoms with Crippen LogP contribution in [0, 0.1) is 0 Å². The number of ether oxygens (including phenoxy) is 1. The number of hydrogen-bond donors (Lipinski definition) is 0. The molecule has 538 valence electrons. The molecule has 0 spiro atoms. The standard InChI is InChI=1S/C16H24.2C15H22.C14H20.2C13H18.C12H16O/c1-15(2,3)13-8-9-14-12(11-13)7-6-10-16(14,4)5;1-14(2,3)12-6-7-13-11(10-12)8-9-15(13,4)5;1-15(2,3)14-10-9-12-7-5-4-6-8-13(12)11-14;1-14(2,3)13-9-8-11-6-4-5-7-12(11)10-13;1-13(2,3)12-9-5-7-10-6-4-8-11(10)12;1-13(2,3)12-8-7-10-5-4-6-11(10)9-12;1-12(2,3)10-4-5-11-9(8-10)6-7-13-11/h8-9,11H,6-7,10H2,1-5H3;6-7,10H,8-9H2,1-5H3;9-11H,4-8H2,1-3H3;8-10H,4-7H2,1-3H3;5,7,9H,4,6,8H2,1-3H3;7-9H,4-6H2,1-3H3;4-5,8H,6-7H2,1-3H3. The Morgan fingerprint density at radius 3 is 1.03 bits per heavy atom. The minimum Gasteiger partial charge on any atom is -0.493 e. The molecular weight excluding hydrogens is 1190 g/mol. The zero-order valence-corrected chi connectivity index (χ0v) is 68.1. The first kappa shape index (κ1) is 79.0. The summed E-state index contributed by atoms with van der Waals surface area (Å²) in [5.41, 5.74) is 33.6. The van der Waals surface area contributed by atoms with Crippen molar-refractivity contribution >= 4 is 0 Å². The number of aryl methyl sites for hydroxylation is 9. The van der Waals surface area contributed by atoms with Crippen molar-refractivity contribution in [1.82, 2.24) is 0 Å². The zero-order chi connectivity index (χ0) is 72.7. The second-order valence-corrected chi connectivity index (χ2v) is 39.4. The predicted molar refractivity (Wildman–Crippen MR) is 434 cm³/mol. The van der Waals surface area contributed by atoms with Gasteiger partial charge in [-0.1, -0.05) is 301 Å². The van der Waals surface area contributed by atoms with Gasteiger partial charge >= 0.3 is 0 Å². The molecule has 6 aliphatic carbocycles. The second kappa shape index (κ2) is 31.9. The summed E-state index contributed by atoms with van der Waals surface area (Å²) in [6, 6.07) is 48.8. The molecule has 1 aliphatic heterocycles. The molecule has 1 heterocycles. The maximum absolute atomic E-state index is 5.47. The summed E-state index contributed by atoms with van der Waals surface area (Å²) in [6.45, 7) is 58.3. The van der Waals surface area contributed by atoms with E-state index in [1.54, 1.807) is 72.3 Å². The monoisotopic (exact) mass is 1330 g/mol. The molecule has 7 aromatic rings. The summed E-state index contributed by atoms with van der Waals surface area (Å²) >= 11 is 0. The molecule has 0 fully saturated rings. The predicted octanol–water partition coefficient (Wildman–Crippen LogP) is 26.8. The van der Waals surface area contributed by atoms with E-state index in [1.807, 2.05) is 0 Å². The summed E-state index contributed by atoms with van der Waals surface area (Å²) < 4.78 is 5.47. The van der Waals surface area contributed by atoms with Crippen molar-refractivity contribution in [3.63, 3.8) is 0 Å². The van der Waals surface area contributed by atoms with Crippen LogP contribution in [0.4, 0.5) is 0 Å². The lowest BCUT2D eigenvalue weighted by molar-refractivity contribution is 0.356. The second-order valence-electron chi connectivity index (χ2n) is 39.4. The van der Waals surface area contributed by atoms with Crippen molar-refractivity contribution in [2.24, 2.45) is 0 Å². The summed E-state index contributed by atoms with van der Waals surface area (Å²) in [6.07, 6.45) is 27.5. The molecule has 14 rings (SSSR count). The van der Waals surface area contributed by atoms with E-state index in [9.17, 15) is 0 Å². The van der Waals surface area contributed by atoms with Gasteiger partial charge in [0.1, 0.15) is 5.75 Å². The van der Waals surface area contributed by atoms with Crippen LogP contribution in [0.1, 0.15) is 349 Å². The summed E-state index contributed by atoms with van der Waals surface area (Å²) in [7, 11) is 0. The van der Waals surface area contributed by atoms with Crippen molar-refractivity contribution < 1.29 is 4.74 Å². The van der Waals surface area contributed by atoms with Gasteiger partial charge < -0.3 is 4.74 Å². The number of rotatable bonds is 0. The molecule has 7 aromatic carbocycles. The third kappa shape index (κ3) is 21.7. The molecule has 0 unspecified atom stereocenters. The molecule has 0 bridgehead atoms. The highest BCUT2D eigenvalue weighted by Crippen LogP contribution is 2.42. The Morgan fingerprint density at radius 1 is 0.253 bits per heavy atom.